The van der Waals surface area contributed by atoms with Crippen molar-refractivity contribution < 1.29 is 9.84 Å². The molecule has 0 aromatic carbocycles. The number of nitrogens with one attached hydrogen (secondary N) is 2. The Kier molecular flexibility index (Phi) is 9.64. The van der Waals surface area contributed by atoms with E-state index in [1.807, 2.05) is 13.8 Å². The molecule has 3 N–H and O–H groups in total. The minimum Gasteiger partial charge on any atom is -0.463 e. The van der Waals surface area contributed by atoms with Crippen LogP contribution in [-0.4, -0.2) is 57.9 Å². The molecule has 21 heavy (non-hydrogen) atoms. The van der Waals surface area contributed by atoms with Crippen molar-refractivity contribution in [2.75, 3.05) is 48.4 Å². The number of nitrogens with zero attached hydrogens (tertiary/aromatic N) is 3. The summed E-state index contributed by atoms with van der Waals surface area (Å²) < 4.78 is 5.47. The van der Waals surface area contributed by atoms with E-state index in [1.54, 1.807) is 11.8 Å². The Bertz CT molecular complexity index is 395. The smallest absolute Gasteiger partial charge is 0.323 e. The highest BCUT2D eigenvalue weighted by molar-refractivity contribution is 7.99. The Morgan fingerprint density at radius 3 is 2.52 bits per heavy atom. The maximum absolute atomic E-state index is 8.71. The predicted octanol–water partition coefficient (Wildman–Crippen LogP) is 1.62. The molecule has 0 aliphatic rings. The maximum Gasteiger partial charge on any atom is 0.323 e. The fraction of sp³-hybridized carbons (Fsp3) is 0.769. The molecule has 120 valence electrons. The molecule has 1 aromatic heterocycles. The lowest BCUT2D eigenvalue weighted by Gasteiger charge is -2.09. The molecule has 7 nitrogen and oxygen atoms in total. The first-order chi connectivity index (χ1) is 10.3. The van der Waals surface area contributed by atoms with Crippen molar-refractivity contribution in [1.29, 1.82) is 0 Å². The number of hydrogen-bond donors (Lipinski definition) is 3. The molecule has 0 aliphatic heterocycles. The van der Waals surface area contributed by atoms with E-state index in [1.165, 1.54) is 0 Å². The average molecular weight is 315 g/mol. The van der Waals surface area contributed by atoms with Crippen LogP contribution >= 0.6 is 11.8 Å². The van der Waals surface area contributed by atoms with Gasteiger partial charge in [0.2, 0.25) is 11.9 Å². The predicted molar refractivity (Wildman–Crippen MR) is 87.3 cm³/mol. The van der Waals surface area contributed by atoms with Crippen LogP contribution in [0.15, 0.2) is 0 Å². The molecule has 1 heterocycles. The normalized spacial score (nSPS) is 10.4. The minimum atomic E-state index is 0.248. The molecule has 0 amide bonds. The second-order valence-corrected chi connectivity index (χ2v) is 5.49. The van der Waals surface area contributed by atoms with Crippen LogP contribution in [0.5, 0.6) is 6.01 Å². The van der Waals surface area contributed by atoms with E-state index < -0.39 is 0 Å². The van der Waals surface area contributed by atoms with Crippen LogP contribution in [0.4, 0.5) is 11.9 Å². The third-order valence-electron chi connectivity index (χ3n) is 2.36. The van der Waals surface area contributed by atoms with Crippen molar-refractivity contribution in [3.8, 4) is 6.01 Å². The molecule has 0 saturated heterocycles. The number of hydrogen-bond acceptors (Lipinski definition) is 8. The van der Waals surface area contributed by atoms with Crippen LogP contribution in [0.1, 0.15) is 26.7 Å². The van der Waals surface area contributed by atoms with E-state index in [9.17, 15) is 0 Å². The van der Waals surface area contributed by atoms with Gasteiger partial charge in [-0.15, -0.1) is 0 Å². The fourth-order valence-electron chi connectivity index (χ4n) is 1.43. The number of aromatic nitrogens is 3. The van der Waals surface area contributed by atoms with Gasteiger partial charge < -0.3 is 20.5 Å². The highest BCUT2D eigenvalue weighted by Gasteiger charge is 2.06. The summed E-state index contributed by atoms with van der Waals surface area (Å²) in [4.78, 5) is 12.7. The summed E-state index contributed by atoms with van der Waals surface area (Å²) in [6.45, 7) is 6.37. The zero-order valence-electron chi connectivity index (χ0n) is 12.8. The molecule has 0 saturated carbocycles. The molecule has 0 unspecified atom stereocenters. The fourth-order valence-corrected chi connectivity index (χ4v) is 2.22. The SMILES string of the molecule is CCCOc1nc(NCC)nc(NCCSCCCO)n1. The topological polar surface area (TPSA) is 92.2 Å². The highest BCUT2D eigenvalue weighted by atomic mass is 32.2. The van der Waals surface area contributed by atoms with E-state index in [0.717, 1.165) is 37.4 Å². The monoisotopic (exact) mass is 315 g/mol. The van der Waals surface area contributed by atoms with E-state index in [0.29, 0.717) is 24.5 Å². The van der Waals surface area contributed by atoms with Gasteiger partial charge in [-0.2, -0.15) is 26.7 Å². The molecule has 1 aromatic rings. The Hall–Kier alpha value is -1.28. The molecule has 1 rings (SSSR count). The lowest BCUT2D eigenvalue weighted by Crippen LogP contribution is -2.13. The van der Waals surface area contributed by atoms with Gasteiger partial charge in [0, 0.05) is 25.4 Å². The second kappa shape index (κ2) is 11.4. The van der Waals surface area contributed by atoms with Gasteiger partial charge in [0.25, 0.3) is 0 Å². The summed E-state index contributed by atoms with van der Waals surface area (Å²) in [6, 6.07) is 0.346. The molecule has 0 spiro atoms. The molecule has 0 fully saturated rings. The van der Waals surface area contributed by atoms with Crippen molar-refractivity contribution in [3.63, 3.8) is 0 Å². The van der Waals surface area contributed by atoms with E-state index in [-0.39, 0.29) is 6.61 Å². The van der Waals surface area contributed by atoms with Crippen molar-refractivity contribution in [1.82, 2.24) is 15.0 Å². The van der Waals surface area contributed by atoms with Gasteiger partial charge in [-0.3, -0.25) is 0 Å². The second-order valence-electron chi connectivity index (χ2n) is 4.26. The Balaban J connectivity index is 2.48. The first-order valence-corrected chi connectivity index (χ1v) is 8.50. The zero-order chi connectivity index (χ0) is 15.3. The number of aliphatic hydroxyl groups is 1. The summed E-state index contributed by atoms with van der Waals surface area (Å²) in [5.74, 6) is 2.94. The van der Waals surface area contributed by atoms with E-state index in [4.69, 9.17) is 9.84 Å². The third kappa shape index (κ3) is 7.91. The van der Waals surface area contributed by atoms with E-state index >= 15 is 0 Å². The van der Waals surface area contributed by atoms with Crippen molar-refractivity contribution in [3.05, 3.63) is 0 Å². The Morgan fingerprint density at radius 1 is 1.10 bits per heavy atom. The van der Waals surface area contributed by atoms with Crippen molar-refractivity contribution in [2.45, 2.75) is 26.7 Å². The number of anilines is 2. The van der Waals surface area contributed by atoms with Gasteiger partial charge in [0.15, 0.2) is 0 Å². The summed E-state index contributed by atoms with van der Waals surface area (Å²) in [7, 11) is 0. The summed E-state index contributed by atoms with van der Waals surface area (Å²) in [5, 5.41) is 14.9. The standard InChI is InChI=1S/C13H25N5O2S/c1-3-8-20-13-17-11(14-4-2)16-12(18-13)15-6-10-21-9-5-7-19/h19H,3-10H2,1-2H3,(H2,14,15,16,17,18). The van der Waals surface area contributed by atoms with Gasteiger partial charge in [-0.1, -0.05) is 6.92 Å². The molecule has 0 atom stereocenters. The minimum absolute atomic E-state index is 0.248. The maximum atomic E-state index is 8.71. The number of rotatable bonds is 12. The van der Waals surface area contributed by atoms with Crippen molar-refractivity contribution >= 4 is 23.7 Å². The zero-order valence-corrected chi connectivity index (χ0v) is 13.6. The highest BCUT2D eigenvalue weighted by Crippen LogP contribution is 2.11. The molecule has 0 bridgehead atoms. The first kappa shape index (κ1) is 17.8. The summed E-state index contributed by atoms with van der Waals surface area (Å²) >= 11 is 1.79. The number of thioether (sulfide) groups is 1. The largest absolute Gasteiger partial charge is 0.463 e. The summed E-state index contributed by atoms with van der Waals surface area (Å²) in [5.41, 5.74) is 0. The quantitative estimate of drug-likeness (QED) is 0.501. The lowest BCUT2D eigenvalue weighted by molar-refractivity contribution is 0.292. The van der Waals surface area contributed by atoms with Crippen molar-refractivity contribution in [2.24, 2.45) is 0 Å². The molecular formula is C13H25N5O2S. The van der Waals surface area contributed by atoms with Gasteiger partial charge >= 0.3 is 6.01 Å². The van der Waals surface area contributed by atoms with Crippen LogP contribution in [0.2, 0.25) is 0 Å². The van der Waals surface area contributed by atoms with Gasteiger partial charge in [0.1, 0.15) is 0 Å². The van der Waals surface area contributed by atoms with Gasteiger partial charge in [0.05, 0.1) is 6.61 Å². The van der Waals surface area contributed by atoms with Gasteiger partial charge in [-0.25, -0.2) is 0 Å². The van der Waals surface area contributed by atoms with Crippen LogP contribution < -0.4 is 15.4 Å². The van der Waals surface area contributed by atoms with E-state index in [2.05, 4.69) is 25.6 Å². The van der Waals surface area contributed by atoms with Crippen LogP contribution in [0, 0.1) is 0 Å². The Morgan fingerprint density at radius 2 is 1.86 bits per heavy atom. The summed E-state index contributed by atoms with van der Waals surface area (Å²) in [6.07, 6.45) is 1.74. The van der Waals surface area contributed by atoms with Crippen LogP contribution in [0.25, 0.3) is 0 Å². The first-order valence-electron chi connectivity index (χ1n) is 7.35. The average Bonchev–Trinajstić information content (AvgIpc) is 2.49. The van der Waals surface area contributed by atoms with Gasteiger partial charge in [-0.05, 0) is 25.5 Å². The Labute approximate surface area is 130 Å². The molecular weight excluding hydrogens is 290 g/mol. The molecule has 0 aliphatic carbocycles. The van der Waals surface area contributed by atoms with Crippen LogP contribution in [0.3, 0.4) is 0 Å². The van der Waals surface area contributed by atoms with Crippen LogP contribution in [-0.2, 0) is 0 Å². The number of ether oxygens (including phenoxy) is 1. The molecule has 8 heteroatoms. The molecule has 0 radical (unpaired) electrons. The number of aliphatic hydroxyl groups excluding tert-OH is 1. The lowest BCUT2D eigenvalue weighted by atomic mass is 10.5. The third-order valence-corrected chi connectivity index (χ3v) is 3.43.